The van der Waals surface area contributed by atoms with Crippen LogP contribution in [0.1, 0.15) is 67.1 Å². The monoisotopic (exact) mass is 1390 g/mol. The molecule has 0 heterocycles. The van der Waals surface area contributed by atoms with Crippen LogP contribution in [0.4, 0.5) is 11.4 Å². The first kappa shape index (κ1) is 43.0. The molecule has 0 saturated carbocycles. The Morgan fingerprint density at radius 1 is 0.511 bits per heavy atom. The zero-order valence-electron chi connectivity index (χ0n) is 23.0. The van der Waals surface area contributed by atoms with Crippen molar-refractivity contribution in [1.82, 2.24) is 0 Å². The molecule has 0 fully saturated rings. The third-order valence-electron chi connectivity index (χ3n) is 6.46. The van der Waals surface area contributed by atoms with Crippen LogP contribution in [0.2, 0.25) is 25.2 Å². The summed E-state index contributed by atoms with van der Waals surface area (Å²) in [6.07, 6.45) is 1.66. The number of anilines is 2. The van der Waals surface area contributed by atoms with Gasteiger partial charge in [0.05, 0.1) is 47.9 Å². The van der Waals surface area contributed by atoms with E-state index in [-0.39, 0.29) is 46.9 Å². The largest absolute Gasteiger partial charge is 0.324 e. The molecule has 0 aromatic heterocycles. The van der Waals surface area contributed by atoms with E-state index in [1.807, 2.05) is 136 Å². The smallest absolute Gasteiger partial charge is 0.254 e. The molecule has 45 heavy (non-hydrogen) atoms. The topological polar surface area (TPSA) is 126 Å². The Labute approximate surface area is 362 Å². The maximum atomic E-state index is 12.9. The van der Waals surface area contributed by atoms with Crippen LogP contribution in [-0.4, -0.2) is 40.9 Å². The van der Waals surface area contributed by atoms with Crippen molar-refractivity contribution in [2.45, 2.75) is 50.9 Å². The number of carbonyl (C=O) groups is 6. The first-order chi connectivity index (χ1) is 20.7. The zero-order chi connectivity index (χ0) is 34.5. The fourth-order valence-electron chi connectivity index (χ4n) is 4.22. The minimum atomic E-state index is -1.79. The molecular weight excluding hydrogens is 1370 g/mol. The average molecular weight is 1390 g/mol. The highest BCUT2D eigenvalue weighted by molar-refractivity contribution is 14.1. The van der Waals surface area contributed by atoms with E-state index in [2.05, 4.69) is 23.7 Å². The molecule has 0 atom stereocenters. The second kappa shape index (κ2) is 18.9. The molecule has 0 spiro atoms. The van der Waals surface area contributed by atoms with Gasteiger partial charge in [-0.25, -0.2) is 0 Å². The van der Waals surface area contributed by atoms with Gasteiger partial charge in [-0.05, 0) is 195 Å². The lowest BCUT2D eigenvalue weighted by Gasteiger charge is -2.22. The lowest BCUT2D eigenvalue weighted by Crippen LogP contribution is -2.26. The minimum Gasteiger partial charge on any atom is -0.324 e. The Kier molecular flexibility index (Phi) is 18.0. The van der Waals surface area contributed by atoms with Crippen molar-refractivity contribution in [3.8, 4) is 0 Å². The molecular formula is C26H20Cl4I6N2O6Si. The van der Waals surface area contributed by atoms with E-state index in [1.165, 1.54) is 0 Å². The lowest BCUT2D eigenvalue weighted by atomic mass is 10.1. The maximum absolute atomic E-state index is 12.9. The van der Waals surface area contributed by atoms with Crippen LogP contribution in [0.3, 0.4) is 0 Å². The number of halogens is 10. The third kappa shape index (κ3) is 11.4. The van der Waals surface area contributed by atoms with Crippen LogP contribution in [0.15, 0.2) is 0 Å². The molecule has 8 nitrogen and oxygen atoms in total. The van der Waals surface area contributed by atoms with Gasteiger partial charge in [-0.3, -0.25) is 28.8 Å². The van der Waals surface area contributed by atoms with Gasteiger partial charge in [0.2, 0.25) is 11.8 Å². The molecule has 0 aliphatic carbocycles. The molecule has 19 heteroatoms. The summed E-state index contributed by atoms with van der Waals surface area (Å²) < 4.78 is 2.36. The predicted octanol–water partition coefficient (Wildman–Crippen LogP) is 10.7. The highest BCUT2D eigenvalue weighted by Crippen LogP contribution is 2.39. The van der Waals surface area contributed by atoms with Crippen molar-refractivity contribution in [3.63, 3.8) is 0 Å². The van der Waals surface area contributed by atoms with Gasteiger partial charge in [0.1, 0.15) is 0 Å². The SMILES string of the molecule is C[Si](C)(CCCC(=O)Nc1c(I)c(C(=O)Cl)c(I)c(C(=O)Cl)c1I)CCCC(=O)Nc1c(I)c(C(=O)Cl)c(I)c(C(=O)Cl)c1I. The summed E-state index contributed by atoms with van der Waals surface area (Å²) in [7, 11) is -1.79. The average Bonchev–Trinajstić information content (AvgIpc) is 2.88. The van der Waals surface area contributed by atoms with E-state index < -0.39 is 29.0 Å². The molecule has 244 valence electrons. The highest BCUT2D eigenvalue weighted by atomic mass is 127. The number of rotatable bonds is 14. The van der Waals surface area contributed by atoms with E-state index in [4.69, 9.17) is 46.4 Å². The first-order valence-corrected chi connectivity index (χ1v) is 23.9. The van der Waals surface area contributed by atoms with Crippen LogP contribution in [0.5, 0.6) is 0 Å². The molecule has 0 saturated heterocycles. The van der Waals surface area contributed by atoms with E-state index in [1.54, 1.807) is 0 Å². The van der Waals surface area contributed by atoms with Gasteiger partial charge in [-0.15, -0.1) is 0 Å². The number of nitrogens with one attached hydrogen (secondary N) is 2. The fraction of sp³-hybridized carbons (Fsp3) is 0.308. The standard InChI is InChI=1S/C26H20Cl4I6N2O6Si/c1-45(2,7-3-5-9(39)37-21-17(33)11(23(27)41)15(31)12(18(21)34)24(28)42)8-4-6-10(40)38-22-19(35)13(25(29)43)16(32)14(20(22)36)26(30)44/h3-8H2,1-2H3,(H,37,39)(H,38,40). The van der Waals surface area contributed by atoms with Crippen molar-refractivity contribution >= 4 is 234 Å². The molecule has 0 aliphatic heterocycles. The first-order valence-electron chi connectivity index (χ1n) is 12.5. The van der Waals surface area contributed by atoms with Crippen LogP contribution >= 0.6 is 182 Å². The van der Waals surface area contributed by atoms with E-state index in [0.29, 0.717) is 45.6 Å². The number of hydrogen-bond donors (Lipinski definition) is 2. The number of benzene rings is 2. The van der Waals surface area contributed by atoms with Crippen molar-refractivity contribution in [1.29, 1.82) is 0 Å². The van der Waals surface area contributed by atoms with Gasteiger partial charge >= 0.3 is 0 Å². The Morgan fingerprint density at radius 2 is 0.756 bits per heavy atom. The van der Waals surface area contributed by atoms with Gasteiger partial charge in [0.25, 0.3) is 21.0 Å². The Morgan fingerprint density at radius 3 is 0.978 bits per heavy atom. The second-order valence-corrected chi connectivity index (χ2v) is 23.4. The lowest BCUT2D eigenvalue weighted by molar-refractivity contribution is -0.117. The minimum absolute atomic E-state index is 0.113. The maximum Gasteiger partial charge on any atom is 0.254 e. The predicted molar refractivity (Wildman–Crippen MR) is 233 cm³/mol. The summed E-state index contributed by atoms with van der Waals surface area (Å²) in [6, 6.07) is 1.66. The van der Waals surface area contributed by atoms with Gasteiger partial charge in [0.15, 0.2) is 0 Å². The summed E-state index contributed by atoms with van der Waals surface area (Å²) in [6.45, 7) is 4.37. The molecule has 2 amide bonds. The highest BCUT2D eigenvalue weighted by Gasteiger charge is 2.29. The van der Waals surface area contributed by atoms with E-state index >= 15 is 0 Å². The Balaban J connectivity index is 2.02. The number of carbonyl (C=O) groups excluding carboxylic acids is 6. The van der Waals surface area contributed by atoms with Crippen molar-refractivity contribution in [2.24, 2.45) is 0 Å². The summed E-state index contributed by atoms with van der Waals surface area (Å²) in [4.78, 5) is 74.0. The summed E-state index contributed by atoms with van der Waals surface area (Å²) >= 11 is 34.4. The number of amides is 2. The van der Waals surface area contributed by atoms with Gasteiger partial charge in [-0.1, -0.05) is 25.2 Å². The van der Waals surface area contributed by atoms with E-state index in [0.717, 1.165) is 12.1 Å². The molecule has 2 aromatic rings. The van der Waals surface area contributed by atoms with Crippen molar-refractivity contribution in [3.05, 3.63) is 43.7 Å². The molecule has 0 bridgehead atoms. The Hall–Kier alpha value is 1.82. The number of hydrogen-bond acceptors (Lipinski definition) is 6. The van der Waals surface area contributed by atoms with Crippen LogP contribution in [-0.2, 0) is 9.59 Å². The summed E-state index contributed by atoms with van der Waals surface area (Å²) in [5, 5.41) is 2.60. The van der Waals surface area contributed by atoms with Crippen LogP contribution in [0, 0.1) is 21.4 Å². The molecule has 0 radical (unpaired) electrons. The summed E-state index contributed by atoms with van der Waals surface area (Å²) in [5.41, 5.74) is 1.09. The third-order valence-corrected chi connectivity index (χ3v) is 17.1. The molecule has 2 N–H and O–H groups in total. The van der Waals surface area contributed by atoms with Gasteiger partial charge in [-0.2, -0.15) is 0 Å². The molecule has 2 aromatic carbocycles. The van der Waals surface area contributed by atoms with Crippen LogP contribution in [0.25, 0.3) is 0 Å². The van der Waals surface area contributed by atoms with Crippen molar-refractivity contribution < 1.29 is 28.8 Å². The quantitative estimate of drug-likeness (QED) is 0.110. The normalized spacial score (nSPS) is 11.3. The van der Waals surface area contributed by atoms with Crippen molar-refractivity contribution in [2.75, 3.05) is 10.6 Å². The van der Waals surface area contributed by atoms with E-state index in [9.17, 15) is 28.8 Å². The van der Waals surface area contributed by atoms with Crippen LogP contribution < -0.4 is 10.6 Å². The summed E-state index contributed by atoms with van der Waals surface area (Å²) in [5.74, 6) is -0.549. The molecule has 2 rings (SSSR count). The molecule has 0 unspecified atom stereocenters. The van der Waals surface area contributed by atoms with Gasteiger partial charge < -0.3 is 10.6 Å². The zero-order valence-corrected chi connectivity index (χ0v) is 39.9. The Bertz CT molecular complexity index is 1430. The van der Waals surface area contributed by atoms with Gasteiger partial charge in [0, 0.05) is 28.1 Å². The fourth-order valence-corrected chi connectivity index (χ4v) is 17.6. The molecule has 0 aliphatic rings. The second-order valence-electron chi connectivity index (χ2n) is 10.2.